The van der Waals surface area contributed by atoms with E-state index < -0.39 is 0 Å². The lowest BCUT2D eigenvalue weighted by Gasteiger charge is -2.34. The summed E-state index contributed by atoms with van der Waals surface area (Å²) in [5.74, 6) is 0.687. The van der Waals surface area contributed by atoms with Crippen LogP contribution in [0.3, 0.4) is 0 Å². The number of rotatable bonds is 8. The van der Waals surface area contributed by atoms with E-state index in [1.165, 1.54) is 6.20 Å². The van der Waals surface area contributed by atoms with Crippen molar-refractivity contribution >= 4 is 45.1 Å². The predicted octanol–water partition coefficient (Wildman–Crippen LogP) is 1.53. The van der Waals surface area contributed by atoms with E-state index in [0.29, 0.717) is 66.9 Å². The van der Waals surface area contributed by atoms with E-state index in [1.54, 1.807) is 12.4 Å². The Balaban J connectivity index is 1.34. The van der Waals surface area contributed by atoms with Gasteiger partial charge in [-0.1, -0.05) is 11.6 Å². The molecule has 1 aliphatic heterocycles. The van der Waals surface area contributed by atoms with Gasteiger partial charge in [0.05, 0.1) is 48.9 Å². The van der Waals surface area contributed by atoms with Crippen molar-refractivity contribution < 1.29 is 9.53 Å². The number of amides is 1. The first kappa shape index (κ1) is 22.4. The number of halogens is 2. The highest BCUT2D eigenvalue weighted by atomic mass is 79.9. The number of ether oxygens (including phenoxy) is 1. The van der Waals surface area contributed by atoms with Crippen LogP contribution in [0.4, 0.5) is 11.6 Å². The first-order valence-corrected chi connectivity index (χ1v) is 10.7. The van der Waals surface area contributed by atoms with E-state index in [1.807, 2.05) is 16.7 Å². The summed E-state index contributed by atoms with van der Waals surface area (Å²) in [7, 11) is 0. The number of aromatic amines is 1. The Hall–Kier alpha value is -2.24. The Labute approximate surface area is 187 Å². The minimum atomic E-state index is -0.304. The largest absolute Gasteiger partial charge is 0.379 e. The van der Waals surface area contributed by atoms with Gasteiger partial charge in [0.25, 0.3) is 5.56 Å². The third-order valence-electron chi connectivity index (χ3n) is 4.55. The second-order valence-corrected chi connectivity index (χ2v) is 8.10. The predicted molar refractivity (Wildman–Crippen MR) is 117 cm³/mol. The first-order valence-electron chi connectivity index (χ1n) is 9.51. The number of piperazine rings is 1. The molecule has 3 heterocycles. The fraction of sp³-hybridized carbons (Fsp3) is 0.500. The molecule has 0 spiro atoms. The van der Waals surface area contributed by atoms with Crippen molar-refractivity contribution in [3.63, 3.8) is 0 Å². The molecule has 3 rings (SSSR count). The van der Waals surface area contributed by atoms with Crippen LogP contribution in [0.1, 0.15) is 13.3 Å². The fourth-order valence-corrected chi connectivity index (χ4v) is 3.40. The zero-order valence-electron chi connectivity index (χ0n) is 16.5. The van der Waals surface area contributed by atoms with Crippen molar-refractivity contribution in [2.24, 2.45) is 0 Å². The number of hydrogen-bond acceptors (Lipinski definition) is 8. The van der Waals surface area contributed by atoms with Crippen LogP contribution < -0.4 is 15.8 Å². The summed E-state index contributed by atoms with van der Waals surface area (Å²) in [6.45, 7) is 5.24. The molecule has 0 radical (unpaired) electrons. The minimum absolute atomic E-state index is 0.0528. The van der Waals surface area contributed by atoms with Gasteiger partial charge in [0, 0.05) is 32.2 Å². The van der Waals surface area contributed by atoms with Crippen LogP contribution in [-0.2, 0) is 9.53 Å². The van der Waals surface area contributed by atoms with Gasteiger partial charge < -0.3 is 19.9 Å². The maximum Gasteiger partial charge on any atom is 0.280 e. The van der Waals surface area contributed by atoms with Crippen molar-refractivity contribution in [3.05, 3.63) is 38.4 Å². The molecule has 10 nitrogen and oxygen atoms in total. The molecule has 1 saturated heterocycles. The fourth-order valence-electron chi connectivity index (χ4n) is 2.99. The number of aromatic nitrogens is 4. The molecule has 2 N–H and O–H groups in total. The molecule has 0 aromatic carbocycles. The number of carbonyl (C=O) groups excluding carboxylic acids is 1. The molecule has 12 heteroatoms. The zero-order chi connectivity index (χ0) is 21.5. The lowest BCUT2D eigenvalue weighted by atomic mass is 10.3. The number of nitrogens with one attached hydrogen (secondary N) is 2. The molecular formula is C18H23BrClN7O3. The lowest BCUT2D eigenvalue weighted by molar-refractivity contribution is -0.132. The van der Waals surface area contributed by atoms with Crippen LogP contribution in [-0.4, -0.2) is 76.4 Å². The number of hydrogen-bond donors (Lipinski definition) is 2. The summed E-state index contributed by atoms with van der Waals surface area (Å²) in [6.07, 6.45) is 4.99. The highest BCUT2D eigenvalue weighted by molar-refractivity contribution is 9.10. The Morgan fingerprint density at radius 3 is 2.70 bits per heavy atom. The number of H-pyrrole nitrogens is 1. The molecule has 1 aliphatic rings. The highest BCUT2D eigenvalue weighted by Gasteiger charge is 2.22. The van der Waals surface area contributed by atoms with E-state index in [-0.39, 0.29) is 17.5 Å². The monoisotopic (exact) mass is 499 g/mol. The molecule has 0 bridgehead atoms. The Kier molecular flexibility index (Phi) is 8.00. The van der Waals surface area contributed by atoms with E-state index in [2.05, 4.69) is 41.4 Å². The van der Waals surface area contributed by atoms with Crippen LogP contribution in [0.15, 0.2) is 27.9 Å². The van der Waals surface area contributed by atoms with E-state index in [4.69, 9.17) is 16.3 Å². The van der Waals surface area contributed by atoms with Crippen LogP contribution >= 0.6 is 27.5 Å². The molecule has 2 aromatic rings. The van der Waals surface area contributed by atoms with E-state index >= 15 is 0 Å². The van der Waals surface area contributed by atoms with E-state index in [0.717, 1.165) is 0 Å². The SMILES string of the molecule is C[C@@H](COCCC(=O)N1CCN(c2ncc(Cl)cn2)CC1)Nc1cn[nH]c(=O)c1Br. The van der Waals surface area contributed by atoms with Gasteiger partial charge in [0.1, 0.15) is 4.47 Å². The summed E-state index contributed by atoms with van der Waals surface area (Å²) >= 11 is 9.04. The third-order valence-corrected chi connectivity index (χ3v) is 5.53. The average Bonchev–Trinajstić information content (AvgIpc) is 2.75. The second-order valence-electron chi connectivity index (χ2n) is 6.87. The van der Waals surface area contributed by atoms with Crippen molar-refractivity contribution in [3.8, 4) is 0 Å². The first-order chi connectivity index (χ1) is 14.4. The van der Waals surface area contributed by atoms with Crippen LogP contribution in [0, 0.1) is 0 Å². The lowest BCUT2D eigenvalue weighted by Crippen LogP contribution is -2.49. The standard InChI is InChI=1S/C18H23BrClN7O3/c1-12(24-14-10-23-25-17(29)16(14)19)11-30-7-2-15(28)26-3-5-27(6-4-26)18-21-8-13(20)9-22-18/h8-10,12H,2-7,11H2,1H3,(H2,24,25,29)/t12-/m0/s1. The number of anilines is 2. The Bertz CT molecular complexity index is 903. The van der Waals surface area contributed by atoms with Gasteiger partial charge in [0.2, 0.25) is 11.9 Å². The van der Waals surface area contributed by atoms with Gasteiger partial charge >= 0.3 is 0 Å². The molecule has 1 amide bonds. The topological polar surface area (TPSA) is 116 Å². The summed E-state index contributed by atoms with van der Waals surface area (Å²) in [5.41, 5.74) is 0.287. The van der Waals surface area contributed by atoms with Crippen molar-refractivity contribution in [2.75, 3.05) is 49.6 Å². The maximum atomic E-state index is 12.4. The van der Waals surface area contributed by atoms with Crippen molar-refractivity contribution in [2.45, 2.75) is 19.4 Å². The smallest absolute Gasteiger partial charge is 0.280 e. The summed E-state index contributed by atoms with van der Waals surface area (Å²) in [6, 6.07) is -0.0528. The third kappa shape index (κ3) is 6.13. The van der Waals surface area contributed by atoms with Crippen molar-refractivity contribution in [1.29, 1.82) is 0 Å². The molecule has 162 valence electrons. The molecule has 0 aliphatic carbocycles. The van der Waals surface area contributed by atoms with Crippen molar-refractivity contribution in [1.82, 2.24) is 25.1 Å². The number of nitrogens with zero attached hydrogens (tertiary/aromatic N) is 5. The molecule has 2 aromatic heterocycles. The number of carbonyl (C=O) groups is 1. The maximum absolute atomic E-state index is 12.4. The van der Waals surface area contributed by atoms with Crippen LogP contribution in [0.25, 0.3) is 0 Å². The minimum Gasteiger partial charge on any atom is -0.379 e. The van der Waals surface area contributed by atoms with Crippen LogP contribution in [0.2, 0.25) is 5.02 Å². The molecule has 1 fully saturated rings. The molecule has 0 saturated carbocycles. The van der Waals surface area contributed by atoms with E-state index in [9.17, 15) is 9.59 Å². The summed E-state index contributed by atoms with van der Waals surface area (Å²) in [5, 5.41) is 9.75. The van der Waals surface area contributed by atoms with Gasteiger partial charge in [-0.3, -0.25) is 9.59 Å². The molecule has 0 unspecified atom stereocenters. The molecular weight excluding hydrogens is 478 g/mol. The quantitative estimate of drug-likeness (QED) is 0.524. The second kappa shape index (κ2) is 10.7. The summed E-state index contributed by atoms with van der Waals surface area (Å²) in [4.78, 5) is 36.2. The van der Waals surface area contributed by atoms with Crippen LogP contribution in [0.5, 0.6) is 0 Å². The average molecular weight is 501 g/mol. The van der Waals surface area contributed by atoms with Gasteiger partial charge in [-0.25, -0.2) is 15.1 Å². The van der Waals surface area contributed by atoms with Gasteiger partial charge in [-0.15, -0.1) is 0 Å². The van der Waals surface area contributed by atoms with Gasteiger partial charge in [-0.05, 0) is 22.9 Å². The van der Waals surface area contributed by atoms with Gasteiger partial charge in [-0.2, -0.15) is 5.10 Å². The summed E-state index contributed by atoms with van der Waals surface area (Å²) < 4.78 is 6.02. The van der Waals surface area contributed by atoms with Gasteiger partial charge in [0.15, 0.2) is 0 Å². The Morgan fingerprint density at radius 1 is 1.30 bits per heavy atom. The molecule has 30 heavy (non-hydrogen) atoms. The Morgan fingerprint density at radius 2 is 2.00 bits per heavy atom. The normalized spacial score (nSPS) is 15.2. The highest BCUT2D eigenvalue weighted by Crippen LogP contribution is 2.16. The molecule has 1 atom stereocenters. The zero-order valence-corrected chi connectivity index (χ0v) is 18.8.